The van der Waals surface area contributed by atoms with Crippen LogP contribution in [-0.4, -0.2) is 37.4 Å². The summed E-state index contributed by atoms with van der Waals surface area (Å²) in [5.74, 6) is -0.375. The lowest BCUT2D eigenvalue weighted by Crippen LogP contribution is -2.35. The van der Waals surface area contributed by atoms with E-state index in [0.717, 1.165) is 12.1 Å². The number of carbonyl (C=O) groups excluding carboxylic acids is 1. The Balaban J connectivity index is 2.46. The van der Waals surface area contributed by atoms with Crippen molar-refractivity contribution >= 4 is 5.91 Å². The highest BCUT2D eigenvalue weighted by Gasteiger charge is 2.29. The van der Waals surface area contributed by atoms with E-state index in [2.05, 4.69) is 5.32 Å². The minimum Gasteiger partial charge on any atom is -0.389 e. The third-order valence-electron chi connectivity index (χ3n) is 2.54. The average molecular weight is 291 g/mol. The first-order valence-electron chi connectivity index (χ1n) is 5.92. The van der Waals surface area contributed by atoms with Crippen LogP contribution >= 0.6 is 0 Å². The summed E-state index contributed by atoms with van der Waals surface area (Å²) in [4.78, 5) is 11.5. The van der Waals surface area contributed by atoms with Crippen LogP contribution in [0.1, 0.15) is 11.1 Å². The molecule has 1 aromatic rings. The van der Waals surface area contributed by atoms with Gasteiger partial charge in [0, 0.05) is 13.7 Å². The van der Waals surface area contributed by atoms with E-state index < -0.39 is 17.8 Å². The van der Waals surface area contributed by atoms with Crippen LogP contribution in [0.2, 0.25) is 0 Å². The maximum atomic E-state index is 12.3. The number of ether oxygens (including phenoxy) is 1. The fourth-order valence-electron chi connectivity index (χ4n) is 1.54. The van der Waals surface area contributed by atoms with Gasteiger partial charge in [0.25, 0.3) is 0 Å². The standard InChI is InChI=1S/C13H16F3NO3/c1-20-8-11(18)7-17-12(19)6-9-2-4-10(5-3-9)13(14,15)16/h2-5,11,18H,6-8H2,1H3,(H,17,19). The quantitative estimate of drug-likeness (QED) is 0.832. The summed E-state index contributed by atoms with van der Waals surface area (Å²) in [6, 6.07) is 4.38. The van der Waals surface area contributed by atoms with Crippen LogP contribution in [0.5, 0.6) is 0 Å². The number of aliphatic hydroxyl groups is 1. The second kappa shape index (κ2) is 7.25. The van der Waals surface area contributed by atoms with Crippen molar-refractivity contribution in [2.75, 3.05) is 20.3 Å². The van der Waals surface area contributed by atoms with Gasteiger partial charge in [-0.2, -0.15) is 13.2 Å². The molecule has 0 saturated carbocycles. The molecule has 0 spiro atoms. The fourth-order valence-corrected chi connectivity index (χ4v) is 1.54. The van der Waals surface area contributed by atoms with Crippen molar-refractivity contribution < 1.29 is 27.8 Å². The number of rotatable bonds is 6. The molecule has 0 aliphatic carbocycles. The van der Waals surface area contributed by atoms with Crippen molar-refractivity contribution in [1.29, 1.82) is 0 Å². The highest BCUT2D eigenvalue weighted by atomic mass is 19.4. The Morgan fingerprint density at radius 1 is 1.35 bits per heavy atom. The summed E-state index contributed by atoms with van der Waals surface area (Å²) in [5.41, 5.74) is -0.283. The average Bonchev–Trinajstić information content (AvgIpc) is 2.36. The first-order valence-corrected chi connectivity index (χ1v) is 5.92. The summed E-state index contributed by atoms with van der Waals surface area (Å²) in [6.45, 7) is 0.133. The van der Waals surface area contributed by atoms with Crippen molar-refractivity contribution in [1.82, 2.24) is 5.32 Å². The molecule has 0 bridgehead atoms. The lowest BCUT2D eigenvalue weighted by Gasteiger charge is -2.11. The van der Waals surface area contributed by atoms with Gasteiger partial charge in [-0.05, 0) is 17.7 Å². The molecule has 0 heterocycles. The molecule has 0 radical (unpaired) electrons. The minimum absolute atomic E-state index is 0.0350. The zero-order valence-corrected chi connectivity index (χ0v) is 10.9. The van der Waals surface area contributed by atoms with E-state index in [1.807, 2.05) is 0 Å². The smallest absolute Gasteiger partial charge is 0.389 e. The number of carbonyl (C=O) groups is 1. The van der Waals surface area contributed by atoms with Gasteiger partial charge in [-0.1, -0.05) is 12.1 Å². The predicted molar refractivity (Wildman–Crippen MR) is 66.0 cm³/mol. The van der Waals surface area contributed by atoms with E-state index >= 15 is 0 Å². The van der Waals surface area contributed by atoms with Crippen molar-refractivity contribution in [3.8, 4) is 0 Å². The lowest BCUT2D eigenvalue weighted by atomic mass is 10.1. The van der Waals surface area contributed by atoms with Crippen LogP contribution < -0.4 is 5.32 Å². The second-order valence-electron chi connectivity index (χ2n) is 4.28. The van der Waals surface area contributed by atoms with E-state index in [4.69, 9.17) is 4.74 Å². The predicted octanol–water partition coefficient (Wildman–Crippen LogP) is 1.37. The lowest BCUT2D eigenvalue weighted by molar-refractivity contribution is -0.137. The minimum atomic E-state index is -4.38. The first kappa shape index (κ1) is 16.5. The summed E-state index contributed by atoms with van der Waals surface area (Å²) in [6.07, 6.45) is -5.24. The summed E-state index contributed by atoms with van der Waals surface area (Å²) in [7, 11) is 1.42. The number of amides is 1. The molecular formula is C13H16F3NO3. The van der Waals surface area contributed by atoms with Gasteiger partial charge < -0.3 is 15.2 Å². The molecule has 0 aliphatic heterocycles. The Morgan fingerprint density at radius 3 is 2.45 bits per heavy atom. The molecule has 112 valence electrons. The summed E-state index contributed by atoms with van der Waals surface area (Å²) in [5, 5.41) is 11.8. The molecule has 7 heteroatoms. The largest absolute Gasteiger partial charge is 0.416 e. The van der Waals surface area contributed by atoms with Gasteiger partial charge in [0.1, 0.15) is 0 Å². The van der Waals surface area contributed by atoms with Crippen molar-refractivity contribution in [2.24, 2.45) is 0 Å². The Hall–Kier alpha value is -1.60. The number of aliphatic hydroxyl groups excluding tert-OH is 1. The van der Waals surface area contributed by atoms with Gasteiger partial charge in [0.05, 0.1) is 24.7 Å². The molecule has 0 aromatic heterocycles. The SMILES string of the molecule is COCC(O)CNC(=O)Cc1ccc(C(F)(F)F)cc1. The molecule has 20 heavy (non-hydrogen) atoms. The molecule has 4 nitrogen and oxygen atoms in total. The number of halogens is 3. The number of methoxy groups -OCH3 is 1. The van der Waals surface area contributed by atoms with E-state index in [0.29, 0.717) is 5.56 Å². The third-order valence-corrected chi connectivity index (χ3v) is 2.54. The number of alkyl halides is 3. The molecule has 0 fully saturated rings. The Kier molecular flexibility index (Phi) is 5.97. The van der Waals surface area contributed by atoms with Crippen LogP contribution in [0.3, 0.4) is 0 Å². The monoisotopic (exact) mass is 291 g/mol. The van der Waals surface area contributed by atoms with Crippen LogP contribution in [0, 0.1) is 0 Å². The molecule has 1 aromatic carbocycles. The van der Waals surface area contributed by atoms with Crippen molar-refractivity contribution in [3.63, 3.8) is 0 Å². The van der Waals surface area contributed by atoms with Crippen molar-refractivity contribution in [2.45, 2.75) is 18.7 Å². The molecule has 0 aliphatic rings. The number of benzene rings is 1. The first-order chi connectivity index (χ1) is 9.32. The maximum absolute atomic E-state index is 12.3. The topological polar surface area (TPSA) is 58.6 Å². The molecule has 1 amide bonds. The second-order valence-corrected chi connectivity index (χ2v) is 4.28. The zero-order chi connectivity index (χ0) is 15.2. The molecular weight excluding hydrogens is 275 g/mol. The highest BCUT2D eigenvalue weighted by Crippen LogP contribution is 2.29. The molecule has 1 rings (SSSR count). The Morgan fingerprint density at radius 2 is 1.95 bits per heavy atom. The Bertz CT molecular complexity index is 431. The van der Waals surface area contributed by atoms with Crippen LogP contribution in [0.15, 0.2) is 24.3 Å². The highest BCUT2D eigenvalue weighted by molar-refractivity contribution is 5.78. The van der Waals surface area contributed by atoms with Gasteiger partial charge in [0.2, 0.25) is 5.91 Å². The van der Waals surface area contributed by atoms with E-state index in [1.165, 1.54) is 19.2 Å². The zero-order valence-electron chi connectivity index (χ0n) is 10.9. The van der Waals surface area contributed by atoms with E-state index in [9.17, 15) is 23.1 Å². The summed E-state index contributed by atoms with van der Waals surface area (Å²) >= 11 is 0. The molecule has 1 unspecified atom stereocenters. The Labute approximate surface area is 114 Å². The van der Waals surface area contributed by atoms with Crippen LogP contribution in [0.25, 0.3) is 0 Å². The van der Waals surface area contributed by atoms with Gasteiger partial charge >= 0.3 is 6.18 Å². The normalized spacial score (nSPS) is 13.1. The van der Waals surface area contributed by atoms with Gasteiger partial charge in [-0.25, -0.2) is 0 Å². The maximum Gasteiger partial charge on any atom is 0.416 e. The number of hydrogen-bond acceptors (Lipinski definition) is 3. The van der Waals surface area contributed by atoms with E-state index in [1.54, 1.807) is 0 Å². The number of hydrogen-bond donors (Lipinski definition) is 2. The molecule has 1 atom stereocenters. The van der Waals surface area contributed by atoms with Gasteiger partial charge in [0.15, 0.2) is 0 Å². The van der Waals surface area contributed by atoms with Crippen molar-refractivity contribution in [3.05, 3.63) is 35.4 Å². The van der Waals surface area contributed by atoms with Gasteiger partial charge in [-0.15, -0.1) is 0 Å². The molecule has 0 saturated heterocycles. The number of nitrogens with one attached hydrogen (secondary N) is 1. The summed E-state index contributed by atoms with van der Waals surface area (Å²) < 4.78 is 41.7. The van der Waals surface area contributed by atoms with Crippen LogP contribution in [-0.2, 0) is 22.1 Å². The fraction of sp³-hybridized carbons (Fsp3) is 0.462. The van der Waals surface area contributed by atoms with Gasteiger partial charge in [-0.3, -0.25) is 4.79 Å². The molecule has 2 N–H and O–H groups in total. The third kappa shape index (κ3) is 5.58. The van der Waals surface area contributed by atoms with E-state index in [-0.39, 0.29) is 25.5 Å². The van der Waals surface area contributed by atoms with Crippen LogP contribution in [0.4, 0.5) is 13.2 Å².